The van der Waals surface area contributed by atoms with Gasteiger partial charge in [-0.25, -0.2) is 8.42 Å². The van der Waals surface area contributed by atoms with Crippen LogP contribution in [0.1, 0.15) is 95.2 Å². The van der Waals surface area contributed by atoms with Crippen LogP contribution in [-0.4, -0.2) is 19.8 Å². The summed E-state index contributed by atoms with van der Waals surface area (Å²) in [6.45, 7) is 8.52. The van der Waals surface area contributed by atoms with E-state index in [4.69, 9.17) is 4.79 Å². The summed E-state index contributed by atoms with van der Waals surface area (Å²) < 4.78 is 37.2. The first-order chi connectivity index (χ1) is 15.0. The van der Waals surface area contributed by atoms with E-state index in [1.54, 1.807) is 0 Å². The third-order valence-electron chi connectivity index (χ3n) is 5.84. The fourth-order valence-corrected chi connectivity index (χ4v) is 5.36. The number of aryl methyl sites for hydroxylation is 1. The maximum absolute atomic E-state index is 12.4. The fourth-order valence-electron chi connectivity index (χ4n) is 4.38. The van der Waals surface area contributed by atoms with Crippen molar-refractivity contribution in [2.24, 2.45) is 0 Å². The standard InChI is InChI=1S/C25H38O3S.CH2O.Na/c1-4-7-10-15-20-21(16-11-8-5-2)23(18-12-9-6-3)25(29(26,27)28)24-19-14-13-17-22(20)24;1-2;/h13-14,17,19H,4-12,15-16,18H2,1-3H3,(H,26,27,28);1H2;/q;;+1/p-1. The molecule has 0 aromatic heterocycles. The van der Waals surface area contributed by atoms with Crippen molar-refractivity contribution in [2.75, 3.05) is 0 Å². The van der Waals surface area contributed by atoms with Gasteiger partial charge in [0.15, 0.2) is 0 Å². The normalized spacial score (nSPS) is 11.0. The zero-order valence-corrected chi connectivity index (χ0v) is 23.4. The van der Waals surface area contributed by atoms with Crippen LogP contribution in [0.5, 0.6) is 0 Å². The number of fused-ring (bicyclic) bond motifs is 1. The molecule has 174 valence electrons. The molecule has 0 aliphatic carbocycles. The summed E-state index contributed by atoms with van der Waals surface area (Å²) in [6, 6.07) is 7.63. The Morgan fingerprint density at radius 1 is 0.688 bits per heavy atom. The summed E-state index contributed by atoms with van der Waals surface area (Å²) in [5, 5.41) is 1.59. The van der Waals surface area contributed by atoms with Crippen molar-refractivity contribution in [3.63, 3.8) is 0 Å². The van der Waals surface area contributed by atoms with E-state index in [1.165, 1.54) is 5.56 Å². The average molecular weight is 471 g/mol. The summed E-state index contributed by atoms with van der Waals surface area (Å²) in [6.07, 6.45) is 12.2. The van der Waals surface area contributed by atoms with E-state index in [0.29, 0.717) is 11.8 Å². The molecule has 0 heterocycles. The second kappa shape index (κ2) is 16.8. The van der Waals surface area contributed by atoms with Crippen molar-refractivity contribution in [2.45, 2.75) is 103 Å². The second-order valence-corrected chi connectivity index (χ2v) is 9.45. The number of hydrogen-bond donors (Lipinski definition) is 0. The van der Waals surface area contributed by atoms with Gasteiger partial charge in [-0.15, -0.1) is 0 Å². The maximum atomic E-state index is 12.4. The minimum Gasteiger partial charge on any atom is -0.744 e. The minimum absolute atomic E-state index is 0. The summed E-state index contributed by atoms with van der Waals surface area (Å²) in [4.78, 5) is 8.05. The summed E-state index contributed by atoms with van der Waals surface area (Å²) in [7, 11) is -4.54. The van der Waals surface area contributed by atoms with Gasteiger partial charge in [0, 0.05) is 0 Å². The Hall–Kier alpha value is -0.720. The van der Waals surface area contributed by atoms with Crippen LogP contribution in [0.15, 0.2) is 29.2 Å². The van der Waals surface area contributed by atoms with Crippen molar-refractivity contribution in [1.29, 1.82) is 0 Å². The Labute approximate surface area is 217 Å². The third-order valence-corrected chi connectivity index (χ3v) is 6.81. The number of benzene rings is 2. The van der Waals surface area contributed by atoms with Gasteiger partial charge in [0.2, 0.25) is 0 Å². The van der Waals surface area contributed by atoms with E-state index in [-0.39, 0.29) is 34.5 Å². The average Bonchev–Trinajstić information content (AvgIpc) is 2.75. The Bertz CT molecular complexity index is 910. The van der Waals surface area contributed by atoms with E-state index in [9.17, 15) is 13.0 Å². The molecule has 2 aromatic carbocycles. The molecular weight excluding hydrogens is 431 g/mol. The summed E-state index contributed by atoms with van der Waals surface area (Å²) >= 11 is 0. The van der Waals surface area contributed by atoms with E-state index >= 15 is 0 Å². The van der Waals surface area contributed by atoms with E-state index < -0.39 is 10.1 Å². The molecule has 0 fully saturated rings. The van der Waals surface area contributed by atoms with Gasteiger partial charge >= 0.3 is 29.6 Å². The number of rotatable bonds is 13. The Morgan fingerprint density at radius 2 is 1.09 bits per heavy atom. The van der Waals surface area contributed by atoms with E-state index in [0.717, 1.165) is 87.1 Å². The molecule has 0 spiro atoms. The molecule has 4 nitrogen and oxygen atoms in total. The van der Waals surface area contributed by atoms with E-state index in [2.05, 4.69) is 20.8 Å². The first-order valence-electron chi connectivity index (χ1n) is 11.8. The van der Waals surface area contributed by atoms with Gasteiger partial charge in [-0.1, -0.05) is 83.6 Å². The largest absolute Gasteiger partial charge is 1.00 e. The molecule has 0 N–H and O–H groups in total. The predicted octanol–water partition coefficient (Wildman–Crippen LogP) is 3.76. The topological polar surface area (TPSA) is 74.3 Å². The quantitative estimate of drug-likeness (QED) is 0.254. The Kier molecular flexibility index (Phi) is 16.4. The molecule has 0 bridgehead atoms. The van der Waals surface area contributed by atoms with Crippen molar-refractivity contribution >= 4 is 27.7 Å². The molecular formula is C26H39NaO4S. The van der Waals surface area contributed by atoms with Crippen LogP contribution >= 0.6 is 0 Å². The van der Waals surface area contributed by atoms with Gasteiger partial charge in [-0.3, -0.25) is 0 Å². The Balaban J connectivity index is 0.00000311. The molecule has 0 saturated carbocycles. The zero-order chi connectivity index (χ0) is 23.3. The van der Waals surface area contributed by atoms with Crippen LogP contribution in [0.2, 0.25) is 0 Å². The van der Waals surface area contributed by atoms with Crippen LogP contribution in [0.4, 0.5) is 0 Å². The SMILES string of the molecule is C=O.CCCCCc1c(CCCCC)c(S(=O)(=O)[O-])c2ccccc2c1CCCCC.[Na+]. The van der Waals surface area contributed by atoms with Crippen LogP contribution < -0.4 is 29.6 Å². The molecule has 6 heteroatoms. The van der Waals surface area contributed by atoms with Crippen molar-refractivity contribution in [1.82, 2.24) is 0 Å². The Morgan fingerprint density at radius 3 is 1.53 bits per heavy atom. The molecule has 0 aliphatic rings. The number of carbonyl (C=O) groups is 1. The minimum atomic E-state index is -4.54. The smallest absolute Gasteiger partial charge is 0.744 e. The third kappa shape index (κ3) is 8.90. The van der Waals surface area contributed by atoms with Crippen LogP contribution in [0.3, 0.4) is 0 Å². The van der Waals surface area contributed by atoms with Gasteiger partial charge in [-0.05, 0) is 66.0 Å². The summed E-state index contributed by atoms with van der Waals surface area (Å²) in [5.41, 5.74) is 3.25. The maximum Gasteiger partial charge on any atom is 1.00 e. The van der Waals surface area contributed by atoms with E-state index in [1.807, 2.05) is 31.1 Å². The molecule has 0 aliphatic heterocycles. The summed E-state index contributed by atoms with van der Waals surface area (Å²) in [5.74, 6) is 0. The molecule has 0 atom stereocenters. The number of carbonyl (C=O) groups excluding carboxylic acids is 1. The molecule has 0 unspecified atom stereocenters. The van der Waals surface area contributed by atoms with Gasteiger partial charge in [-0.2, -0.15) is 0 Å². The molecule has 32 heavy (non-hydrogen) atoms. The molecule has 0 radical (unpaired) electrons. The first-order valence-corrected chi connectivity index (χ1v) is 13.2. The van der Waals surface area contributed by atoms with Crippen LogP contribution in [0, 0.1) is 0 Å². The fraction of sp³-hybridized carbons (Fsp3) is 0.577. The molecule has 2 rings (SSSR count). The number of unbranched alkanes of at least 4 members (excludes halogenated alkanes) is 6. The van der Waals surface area contributed by atoms with Crippen molar-refractivity contribution in [3.05, 3.63) is 41.0 Å². The zero-order valence-electron chi connectivity index (χ0n) is 20.5. The van der Waals surface area contributed by atoms with Crippen LogP contribution in [0.25, 0.3) is 10.8 Å². The van der Waals surface area contributed by atoms with Gasteiger partial charge < -0.3 is 9.35 Å². The molecule has 0 saturated heterocycles. The van der Waals surface area contributed by atoms with Gasteiger partial charge in [0.05, 0.1) is 4.90 Å². The van der Waals surface area contributed by atoms with Gasteiger partial charge in [0.25, 0.3) is 0 Å². The predicted molar refractivity (Wildman–Crippen MR) is 129 cm³/mol. The monoisotopic (exact) mass is 470 g/mol. The molecule has 0 amide bonds. The number of hydrogen-bond acceptors (Lipinski definition) is 4. The van der Waals surface area contributed by atoms with Crippen LogP contribution in [-0.2, 0) is 34.2 Å². The van der Waals surface area contributed by atoms with Crippen molar-refractivity contribution < 1.29 is 47.3 Å². The molecule has 2 aromatic rings. The van der Waals surface area contributed by atoms with Gasteiger partial charge in [0.1, 0.15) is 16.9 Å². The second-order valence-electron chi connectivity index (χ2n) is 8.14. The first kappa shape index (κ1) is 31.3. The van der Waals surface area contributed by atoms with Crippen molar-refractivity contribution in [3.8, 4) is 0 Å².